The van der Waals surface area contributed by atoms with Gasteiger partial charge in [-0.25, -0.2) is 4.98 Å². The lowest BCUT2D eigenvalue weighted by molar-refractivity contribution is 0.0944. The molecule has 0 bridgehead atoms. The Labute approximate surface area is 133 Å². The van der Waals surface area contributed by atoms with E-state index in [4.69, 9.17) is 0 Å². The average molecular weight is 348 g/mol. The second-order valence-electron chi connectivity index (χ2n) is 5.14. The molecule has 0 aliphatic carbocycles. The Kier molecular flexibility index (Phi) is 5.33. The van der Waals surface area contributed by atoms with Crippen molar-refractivity contribution < 1.29 is 4.79 Å². The molecule has 0 unspecified atom stereocenters. The van der Waals surface area contributed by atoms with Gasteiger partial charge in [-0.3, -0.25) is 4.79 Å². The van der Waals surface area contributed by atoms with Crippen LogP contribution in [0, 0.1) is 5.92 Å². The molecule has 1 aromatic heterocycles. The van der Waals surface area contributed by atoms with Crippen LogP contribution in [0.15, 0.2) is 47.1 Å². The van der Waals surface area contributed by atoms with Crippen LogP contribution in [0.3, 0.4) is 0 Å². The Morgan fingerprint density at radius 1 is 1.24 bits per heavy atom. The zero-order chi connectivity index (χ0) is 15.2. The Balaban J connectivity index is 2.02. The smallest absolute Gasteiger partial charge is 0.269 e. The maximum Gasteiger partial charge on any atom is 0.269 e. The molecule has 21 heavy (non-hydrogen) atoms. The van der Waals surface area contributed by atoms with Crippen LogP contribution in [-0.4, -0.2) is 17.4 Å². The Hall–Kier alpha value is -1.88. The molecule has 110 valence electrons. The normalized spacial score (nSPS) is 10.5. The fraction of sp³-hybridized carbons (Fsp3) is 0.250. The molecule has 0 spiro atoms. The molecule has 2 N–H and O–H groups in total. The second-order valence-corrected chi connectivity index (χ2v) is 6.00. The van der Waals surface area contributed by atoms with Crippen molar-refractivity contribution in [2.45, 2.75) is 13.8 Å². The standard InChI is InChI=1S/C16H18BrN3O/c1-11(2)9-19-16(21)15-8-7-12(10-18-15)20-14-6-4-3-5-13(14)17/h3-8,10-11,20H,9H2,1-2H3,(H,19,21). The van der Waals surface area contributed by atoms with Crippen LogP contribution in [-0.2, 0) is 0 Å². The van der Waals surface area contributed by atoms with Crippen LogP contribution >= 0.6 is 15.9 Å². The molecule has 0 saturated heterocycles. The summed E-state index contributed by atoms with van der Waals surface area (Å²) in [6, 6.07) is 11.4. The van der Waals surface area contributed by atoms with E-state index in [-0.39, 0.29) is 5.91 Å². The number of halogens is 1. The van der Waals surface area contributed by atoms with E-state index in [0.29, 0.717) is 18.2 Å². The number of amides is 1. The van der Waals surface area contributed by atoms with E-state index < -0.39 is 0 Å². The van der Waals surface area contributed by atoms with Crippen LogP contribution in [0.5, 0.6) is 0 Å². The summed E-state index contributed by atoms with van der Waals surface area (Å²) in [5.74, 6) is 0.279. The average Bonchev–Trinajstić information content (AvgIpc) is 2.48. The number of hydrogen-bond acceptors (Lipinski definition) is 3. The van der Waals surface area contributed by atoms with Crippen molar-refractivity contribution in [3.63, 3.8) is 0 Å². The van der Waals surface area contributed by atoms with Gasteiger partial charge in [0.2, 0.25) is 0 Å². The number of pyridine rings is 1. The van der Waals surface area contributed by atoms with Gasteiger partial charge in [0, 0.05) is 11.0 Å². The maximum atomic E-state index is 11.9. The van der Waals surface area contributed by atoms with Crippen LogP contribution in [0.25, 0.3) is 0 Å². The Morgan fingerprint density at radius 2 is 2.00 bits per heavy atom. The lowest BCUT2D eigenvalue weighted by Crippen LogP contribution is -2.27. The zero-order valence-corrected chi connectivity index (χ0v) is 13.6. The molecular weight excluding hydrogens is 330 g/mol. The summed E-state index contributed by atoms with van der Waals surface area (Å²) in [6.45, 7) is 4.76. The largest absolute Gasteiger partial charge is 0.353 e. The lowest BCUT2D eigenvalue weighted by atomic mass is 10.2. The van der Waals surface area contributed by atoms with E-state index in [1.165, 1.54) is 0 Å². The Morgan fingerprint density at radius 3 is 2.62 bits per heavy atom. The number of nitrogens with one attached hydrogen (secondary N) is 2. The maximum absolute atomic E-state index is 11.9. The van der Waals surface area contributed by atoms with Crippen molar-refractivity contribution >= 4 is 33.2 Å². The molecule has 5 heteroatoms. The molecular formula is C16H18BrN3O. The summed E-state index contributed by atoms with van der Waals surface area (Å²) in [6.07, 6.45) is 1.66. The number of para-hydroxylation sites is 1. The minimum absolute atomic E-state index is 0.142. The van der Waals surface area contributed by atoms with E-state index in [2.05, 4.69) is 45.4 Å². The predicted octanol–water partition coefficient (Wildman–Crippen LogP) is 3.97. The van der Waals surface area contributed by atoms with E-state index in [0.717, 1.165) is 15.8 Å². The van der Waals surface area contributed by atoms with Gasteiger partial charge < -0.3 is 10.6 Å². The van der Waals surface area contributed by atoms with Gasteiger partial charge in [0.25, 0.3) is 5.91 Å². The molecule has 4 nitrogen and oxygen atoms in total. The first-order chi connectivity index (χ1) is 10.1. The first-order valence-corrected chi connectivity index (χ1v) is 7.61. The van der Waals surface area contributed by atoms with Gasteiger partial charge in [0.15, 0.2) is 0 Å². The minimum Gasteiger partial charge on any atom is -0.353 e. The van der Waals surface area contributed by atoms with Gasteiger partial charge in [-0.2, -0.15) is 0 Å². The highest BCUT2D eigenvalue weighted by Gasteiger charge is 2.07. The van der Waals surface area contributed by atoms with Crippen molar-refractivity contribution in [1.29, 1.82) is 0 Å². The molecule has 0 radical (unpaired) electrons. The number of carbonyl (C=O) groups excluding carboxylic acids is 1. The molecule has 0 atom stereocenters. The second kappa shape index (κ2) is 7.22. The summed E-state index contributed by atoms with van der Waals surface area (Å²) in [5.41, 5.74) is 2.21. The van der Waals surface area contributed by atoms with Gasteiger partial charge in [-0.05, 0) is 46.1 Å². The summed E-state index contributed by atoms with van der Waals surface area (Å²) in [4.78, 5) is 16.1. The fourth-order valence-corrected chi connectivity index (χ4v) is 2.09. The molecule has 0 fully saturated rings. The molecule has 1 aromatic carbocycles. The highest BCUT2D eigenvalue weighted by Crippen LogP contribution is 2.24. The third-order valence-corrected chi connectivity index (χ3v) is 3.51. The highest BCUT2D eigenvalue weighted by atomic mass is 79.9. The van der Waals surface area contributed by atoms with Gasteiger partial charge in [0.1, 0.15) is 5.69 Å². The number of benzene rings is 1. The fourth-order valence-electron chi connectivity index (χ4n) is 1.71. The lowest BCUT2D eigenvalue weighted by Gasteiger charge is -2.09. The van der Waals surface area contributed by atoms with E-state index >= 15 is 0 Å². The molecule has 0 aliphatic rings. The quantitative estimate of drug-likeness (QED) is 0.860. The summed E-state index contributed by atoms with van der Waals surface area (Å²) in [5, 5.41) is 6.09. The van der Waals surface area contributed by atoms with Gasteiger partial charge in [0.05, 0.1) is 17.6 Å². The van der Waals surface area contributed by atoms with Crippen LogP contribution in [0.4, 0.5) is 11.4 Å². The van der Waals surface area contributed by atoms with E-state index in [9.17, 15) is 4.79 Å². The number of nitrogens with zero attached hydrogens (tertiary/aromatic N) is 1. The van der Waals surface area contributed by atoms with Crippen molar-refractivity contribution in [2.24, 2.45) is 5.92 Å². The molecule has 0 saturated carbocycles. The van der Waals surface area contributed by atoms with Crippen molar-refractivity contribution in [2.75, 3.05) is 11.9 Å². The summed E-state index contributed by atoms with van der Waals surface area (Å²) >= 11 is 3.48. The molecule has 2 aromatic rings. The molecule has 1 amide bonds. The van der Waals surface area contributed by atoms with Gasteiger partial charge >= 0.3 is 0 Å². The number of hydrogen-bond donors (Lipinski definition) is 2. The summed E-state index contributed by atoms with van der Waals surface area (Å²) < 4.78 is 0.976. The topological polar surface area (TPSA) is 54.0 Å². The van der Waals surface area contributed by atoms with E-state index in [1.807, 2.05) is 30.3 Å². The van der Waals surface area contributed by atoms with Gasteiger partial charge in [-0.15, -0.1) is 0 Å². The van der Waals surface area contributed by atoms with Crippen LogP contribution in [0.2, 0.25) is 0 Å². The SMILES string of the molecule is CC(C)CNC(=O)c1ccc(Nc2ccccc2Br)cn1. The first-order valence-electron chi connectivity index (χ1n) is 6.82. The minimum atomic E-state index is -0.142. The third kappa shape index (κ3) is 4.56. The van der Waals surface area contributed by atoms with Crippen molar-refractivity contribution in [3.8, 4) is 0 Å². The molecule has 0 aliphatic heterocycles. The highest BCUT2D eigenvalue weighted by molar-refractivity contribution is 9.10. The first kappa shape index (κ1) is 15.5. The monoisotopic (exact) mass is 347 g/mol. The van der Waals surface area contributed by atoms with Crippen LogP contribution in [0.1, 0.15) is 24.3 Å². The third-order valence-electron chi connectivity index (χ3n) is 2.82. The van der Waals surface area contributed by atoms with Crippen LogP contribution < -0.4 is 10.6 Å². The van der Waals surface area contributed by atoms with Crippen molar-refractivity contribution in [1.82, 2.24) is 10.3 Å². The number of rotatable bonds is 5. The predicted molar refractivity (Wildman–Crippen MR) is 88.8 cm³/mol. The Bertz CT molecular complexity index is 611. The molecule has 2 rings (SSSR count). The number of aromatic nitrogens is 1. The van der Waals surface area contributed by atoms with Crippen molar-refractivity contribution in [3.05, 3.63) is 52.8 Å². The zero-order valence-electron chi connectivity index (χ0n) is 12.1. The summed E-state index contributed by atoms with van der Waals surface area (Å²) in [7, 11) is 0. The number of anilines is 2. The molecule has 1 heterocycles. The van der Waals surface area contributed by atoms with E-state index in [1.54, 1.807) is 12.3 Å². The number of carbonyl (C=O) groups is 1. The van der Waals surface area contributed by atoms with Gasteiger partial charge in [-0.1, -0.05) is 26.0 Å².